The van der Waals surface area contributed by atoms with Crippen LogP contribution in [0.25, 0.3) is 0 Å². The van der Waals surface area contributed by atoms with Gasteiger partial charge in [0.1, 0.15) is 5.25 Å². The van der Waals surface area contributed by atoms with Crippen LogP contribution in [0.4, 0.5) is 10.5 Å². The van der Waals surface area contributed by atoms with Crippen LogP contribution in [0.5, 0.6) is 0 Å². The number of hydrogen-bond donors (Lipinski definition) is 3. The van der Waals surface area contributed by atoms with Gasteiger partial charge in [0.15, 0.2) is 9.84 Å². The zero-order chi connectivity index (χ0) is 14.8. The fourth-order valence-electron chi connectivity index (χ4n) is 1.30. The Hall–Kier alpha value is -1.80. The number of nitrogen functional groups attached to an aromatic ring is 1. The number of sulfone groups is 1. The summed E-state index contributed by atoms with van der Waals surface area (Å²) < 4.78 is 24.3. The van der Waals surface area contributed by atoms with Crippen molar-refractivity contribution >= 4 is 39.1 Å². The zero-order valence-corrected chi connectivity index (χ0v) is 11.5. The minimum atomic E-state index is -4.04. The second kappa shape index (κ2) is 5.45. The molecule has 0 aliphatic heterocycles. The van der Waals surface area contributed by atoms with E-state index in [1.807, 2.05) is 0 Å². The van der Waals surface area contributed by atoms with Gasteiger partial charge in [-0.25, -0.2) is 13.2 Å². The lowest BCUT2D eigenvalue weighted by Gasteiger charge is -2.13. The summed E-state index contributed by atoms with van der Waals surface area (Å²) in [5, 5.41) is 0.0910. The zero-order valence-electron chi connectivity index (χ0n) is 9.88. The smallest absolute Gasteiger partial charge is 0.318 e. The molecule has 1 rings (SSSR count). The van der Waals surface area contributed by atoms with Crippen LogP contribution in [0.15, 0.2) is 23.1 Å². The summed E-state index contributed by atoms with van der Waals surface area (Å²) in [4.78, 5) is 21.8. The summed E-state index contributed by atoms with van der Waals surface area (Å²) in [6.45, 7) is 1.13. The molecule has 0 fully saturated rings. The summed E-state index contributed by atoms with van der Waals surface area (Å²) in [5.74, 6) is -1.03. The highest BCUT2D eigenvalue weighted by atomic mass is 35.5. The first-order valence-electron chi connectivity index (χ1n) is 5.05. The van der Waals surface area contributed by atoms with E-state index in [2.05, 4.69) is 0 Å². The molecule has 0 radical (unpaired) electrons. The molecule has 0 heterocycles. The number of nitrogens with one attached hydrogen (secondary N) is 1. The van der Waals surface area contributed by atoms with E-state index in [-0.39, 0.29) is 15.6 Å². The van der Waals surface area contributed by atoms with Crippen LogP contribution in [-0.4, -0.2) is 25.6 Å². The number of hydrogen-bond acceptors (Lipinski definition) is 5. The maximum Gasteiger partial charge on any atom is 0.318 e. The Bertz CT molecular complexity index is 630. The molecular formula is C10H12ClN3O4S. The average Bonchev–Trinajstić information content (AvgIpc) is 2.26. The van der Waals surface area contributed by atoms with E-state index in [1.165, 1.54) is 18.2 Å². The molecule has 19 heavy (non-hydrogen) atoms. The van der Waals surface area contributed by atoms with E-state index in [4.69, 9.17) is 23.1 Å². The largest absolute Gasteiger partial charge is 0.399 e. The number of imide groups is 1. The minimum absolute atomic E-state index is 0.0984. The van der Waals surface area contributed by atoms with E-state index in [9.17, 15) is 18.0 Å². The number of anilines is 1. The number of rotatable bonds is 3. The van der Waals surface area contributed by atoms with Crippen LogP contribution in [-0.2, 0) is 14.6 Å². The molecule has 0 aliphatic rings. The highest BCUT2D eigenvalue weighted by Crippen LogP contribution is 2.26. The van der Waals surface area contributed by atoms with Crippen molar-refractivity contribution in [3.8, 4) is 0 Å². The van der Waals surface area contributed by atoms with E-state index in [0.29, 0.717) is 0 Å². The lowest BCUT2D eigenvalue weighted by atomic mass is 10.3. The first-order chi connectivity index (χ1) is 8.66. The number of nitrogens with two attached hydrogens (primary N) is 2. The van der Waals surface area contributed by atoms with Crippen LogP contribution in [0.3, 0.4) is 0 Å². The highest BCUT2D eigenvalue weighted by molar-refractivity contribution is 7.92. The molecule has 104 valence electrons. The molecular weight excluding hydrogens is 294 g/mol. The predicted octanol–water partition coefficient (Wildman–Crippen LogP) is 0.279. The normalized spacial score (nSPS) is 12.7. The van der Waals surface area contributed by atoms with Gasteiger partial charge in [0.25, 0.3) is 0 Å². The van der Waals surface area contributed by atoms with Crippen LogP contribution in [0, 0.1) is 0 Å². The third-order valence-corrected chi connectivity index (χ3v) is 4.88. The molecule has 9 heteroatoms. The van der Waals surface area contributed by atoms with Crippen molar-refractivity contribution in [2.24, 2.45) is 5.73 Å². The first kappa shape index (κ1) is 15.3. The molecule has 1 aromatic rings. The van der Waals surface area contributed by atoms with Crippen LogP contribution in [0.2, 0.25) is 5.02 Å². The number of halogens is 1. The number of primary amides is 1. The molecule has 0 bridgehead atoms. The Labute approximate surface area is 114 Å². The number of carbonyl (C=O) groups is 2. The Balaban J connectivity index is 3.16. The average molecular weight is 306 g/mol. The third kappa shape index (κ3) is 3.36. The second-order valence-electron chi connectivity index (χ2n) is 3.73. The Morgan fingerprint density at radius 3 is 2.42 bits per heavy atom. The number of amides is 3. The fraction of sp³-hybridized carbons (Fsp3) is 0.200. The third-order valence-electron chi connectivity index (χ3n) is 2.34. The Kier molecular flexibility index (Phi) is 4.38. The molecule has 0 aromatic heterocycles. The van der Waals surface area contributed by atoms with Crippen molar-refractivity contribution in [1.82, 2.24) is 5.32 Å². The van der Waals surface area contributed by atoms with E-state index < -0.39 is 27.0 Å². The van der Waals surface area contributed by atoms with Crippen molar-refractivity contribution in [1.29, 1.82) is 0 Å². The fourth-order valence-corrected chi connectivity index (χ4v) is 3.12. The monoisotopic (exact) mass is 305 g/mol. The first-order valence-corrected chi connectivity index (χ1v) is 6.98. The molecule has 3 amide bonds. The summed E-state index contributed by atoms with van der Waals surface area (Å²) in [7, 11) is -4.04. The van der Waals surface area contributed by atoms with Crippen molar-refractivity contribution in [3.63, 3.8) is 0 Å². The molecule has 1 aromatic carbocycles. The number of benzene rings is 1. The quantitative estimate of drug-likeness (QED) is 0.690. The summed E-state index contributed by atoms with van der Waals surface area (Å²) in [6.07, 6.45) is 0. The Morgan fingerprint density at radius 2 is 1.95 bits per heavy atom. The molecule has 1 atom stereocenters. The summed E-state index contributed by atoms with van der Waals surface area (Å²) in [5.41, 5.74) is 10.5. The topological polar surface area (TPSA) is 132 Å². The van der Waals surface area contributed by atoms with Gasteiger partial charge >= 0.3 is 6.03 Å². The van der Waals surface area contributed by atoms with Crippen molar-refractivity contribution in [2.45, 2.75) is 17.1 Å². The van der Waals surface area contributed by atoms with Crippen molar-refractivity contribution in [3.05, 3.63) is 23.2 Å². The summed E-state index contributed by atoms with van der Waals surface area (Å²) >= 11 is 5.79. The van der Waals surface area contributed by atoms with Crippen molar-refractivity contribution < 1.29 is 18.0 Å². The standard InChI is InChI=1S/C10H12ClN3O4S/c1-5(9(15)14-10(13)16)19(17,18)8-3-2-6(12)4-7(8)11/h2-5H,12H2,1H3,(H3,13,14,15,16). The lowest BCUT2D eigenvalue weighted by Crippen LogP contribution is -2.43. The van der Waals surface area contributed by atoms with Crippen LogP contribution in [0.1, 0.15) is 6.92 Å². The molecule has 0 spiro atoms. The van der Waals surface area contributed by atoms with E-state index in [1.54, 1.807) is 5.32 Å². The molecule has 5 N–H and O–H groups in total. The Morgan fingerprint density at radius 1 is 1.37 bits per heavy atom. The highest BCUT2D eigenvalue weighted by Gasteiger charge is 2.32. The second-order valence-corrected chi connectivity index (χ2v) is 6.37. The van der Waals surface area contributed by atoms with Gasteiger partial charge in [0, 0.05) is 5.69 Å². The molecule has 0 saturated heterocycles. The van der Waals surface area contributed by atoms with Crippen LogP contribution >= 0.6 is 11.6 Å². The molecule has 7 nitrogen and oxygen atoms in total. The predicted molar refractivity (Wildman–Crippen MR) is 70.2 cm³/mol. The molecule has 0 saturated carbocycles. The van der Waals surface area contributed by atoms with Gasteiger partial charge in [0.2, 0.25) is 5.91 Å². The van der Waals surface area contributed by atoms with Crippen molar-refractivity contribution in [2.75, 3.05) is 5.73 Å². The number of urea groups is 1. The van der Waals surface area contributed by atoms with Gasteiger partial charge in [-0.3, -0.25) is 10.1 Å². The number of carbonyl (C=O) groups excluding carboxylic acids is 2. The molecule has 1 unspecified atom stereocenters. The van der Waals surface area contributed by atoms with Gasteiger partial charge in [-0.1, -0.05) is 11.6 Å². The van der Waals surface area contributed by atoms with Gasteiger partial charge < -0.3 is 11.5 Å². The van der Waals surface area contributed by atoms with Crippen LogP contribution < -0.4 is 16.8 Å². The molecule has 0 aliphatic carbocycles. The van der Waals surface area contributed by atoms with E-state index >= 15 is 0 Å². The SMILES string of the molecule is CC(C(=O)NC(N)=O)S(=O)(=O)c1ccc(N)cc1Cl. The van der Waals surface area contributed by atoms with E-state index in [0.717, 1.165) is 6.92 Å². The van der Waals surface area contributed by atoms with Gasteiger partial charge in [-0.15, -0.1) is 0 Å². The lowest BCUT2D eigenvalue weighted by molar-refractivity contribution is -0.119. The maximum absolute atomic E-state index is 12.1. The summed E-state index contributed by atoms with van der Waals surface area (Å²) in [6, 6.07) is 2.67. The van der Waals surface area contributed by atoms with Gasteiger partial charge in [0.05, 0.1) is 9.92 Å². The van der Waals surface area contributed by atoms with Gasteiger partial charge in [-0.2, -0.15) is 0 Å². The maximum atomic E-state index is 12.1. The minimum Gasteiger partial charge on any atom is -0.399 e. The van der Waals surface area contributed by atoms with Gasteiger partial charge in [-0.05, 0) is 25.1 Å².